The van der Waals surface area contributed by atoms with Gasteiger partial charge in [-0.25, -0.2) is 0 Å². The van der Waals surface area contributed by atoms with Crippen molar-refractivity contribution in [3.8, 4) is 11.5 Å². The summed E-state index contributed by atoms with van der Waals surface area (Å²) in [6.07, 6.45) is 0. The Morgan fingerprint density at radius 3 is 1.21 bits per heavy atom. The Labute approximate surface area is 138 Å². The third-order valence-electron chi connectivity index (χ3n) is 3.71. The number of phenols is 2. The van der Waals surface area contributed by atoms with Crippen molar-refractivity contribution in [3.05, 3.63) is 95.1 Å². The molecule has 0 atom stereocenters. The van der Waals surface area contributed by atoms with Gasteiger partial charge in [0.2, 0.25) is 0 Å². The molecule has 0 aromatic heterocycles. The molecule has 4 nitrogen and oxygen atoms in total. The molecule has 0 saturated carbocycles. The zero-order valence-corrected chi connectivity index (χ0v) is 12.6. The summed E-state index contributed by atoms with van der Waals surface area (Å²) >= 11 is 0. The number of carbonyl (C=O) groups is 2. The average Bonchev–Trinajstić information content (AvgIpc) is 2.64. The normalized spacial score (nSPS) is 10.3. The van der Waals surface area contributed by atoms with Gasteiger partial charge in [-0.3, -0.25) is 9.59 Å². The van der Waals surface area contributed by atoms with Crippen molar-refractivity contribution >= 4 is 11.6 Å². The van der Waals surface area contributed by atoms with Gasteiger partial charge in [0.1, 0.15) is 0 Å². The molecule has 0 spiro atoms. The van der Waals surface area contributed by atoms with E-state index in [9.17, 15) is 19.8 Å². The zero-order valence-electron chi connectivity index (χ0n) is 12.6. The standard InChI is InChI=1S/C20H14O4/c21-17(13-7-3-1-4-8-13)15-11-12-16(20(24)19(15)23)18(22)14-9-5-2-6-10-14/h1-12,23-24H. The molecule has 0 aliphatic heterocycles. The summed E-state index contributed by atoms with van der Waals surface area (Å²) in [6, 6.07) is 19.5. The molecule has 0 unspecified atom stereocenters. The monoisotopic (exact) mass is 318 g/mol. The number of hydrogen-bond acceptors (Lipinski definition) is 4. The maximum absolute atomic E-state index is 12.4. The molecule has 0 bridgehead atoms. The van der Waals surface area contributed by atoms with E-state index in [1.54, 1.807) is 60.7 Å². The quantitative estimate of drug-likeness (QED) is 0.570. The topological polar surface area (TPSA) is 74.6 Å². The predicted octanol–water partition coefficient (Wildman–Crippen LogP) is 3.56. The number of ketones is 2. The van der Waals surface area contributed by atoms with Crippen LogP contribution in [0.15, 0.2) is 72.8 Å². The van der Waals surface area contributed by atoms with Crippen molar-refractivity contribution in [3.63, 3.8) is 0 Å². The molecule has 3 aromatic carbocycles. The van der Waals surface area contributed by atoms with Gasteiger partial charge in [0, 0.05) is 11.1 Å². The molecule has 0 aliphatic rings. The lowest BCUT2D eigenvalue weighted by Gasteiger charge is -2.10. The Hall–Kier alpha value is -3.40. The van der Waals surface area contributed by atoms with E-state index in [0.717, 1.165) is 0 Å². The van der Waals surface area contributed by atoms with E-state index >= 15 is 0 Å². The van der Waals surface area contributed by atoms with Crippen molar-refractivity contribution in [2.24, 2.45) is 0 Å². The van der Waals surface area contributed by atoms with Crippen LogP contribution in [0.3, 0.4) is 0 Å². The third-order valence-corrected chi connectivity index (χ3v) is 3.71. The fourth-order valence-electron chi connectivity index (χ4n) is 2.44. The summed E-state index contributed by atoms with van der Waals surface area (Å²) in [6.45, 7) is 0. The van der Waals surface area contributed by atoms with E-state index in [-0.39, 0.29) is 11.1 Å². The molecule has 4 heteroatoms. The average molecular weight is 318 g/mol. The van der Waals surface area contributed by atoms with Crippen molar-refractivity contribution < 1.29 is 19.8 Å². The maximum Gasteiger partial charge on any atom is 0.196 e. The maximum atomic E-state index is 12.4. The largest absolute Gasteiger partial charge is 0.504 e. The number of benzene rings is 3. The molecule has 0 radical (unpaired) electrons. The molecule has 0 saturated heterocycles. The van der Waals surface area contributed by atoms with Crippen LogP contribution in [0.5, 0.6) is 11.5 Å². The van der Waals surface area contributed by atoms with Crippen molar-refractivity contribution in [1.29, 1.82) is 0 Å². The molecule has 0 fully saturated rings. The number of carbonyl (C=O) groups excluding carboxylic acids is 2. The van der Waals surface area contributed by atoms with Crippen LogP contribution in [0.4, 0.5) is 0 Å². The Kier molecular flexibility index (Phi) is 4.12. The van der Waals surface area contributed by atoms with Crippen LogP contribution in [0, 0.1) is 0 Å². The summed E-state index contributed by atoms with van der Waals surface area (Å²) in [7, 11) is 0. The minimum atomic E-state index is -0.592. The summed E-state index contributed by atoms with van der Waals surface area (Å²) in [5, 5.41) is 20.4. The van der Waals surface area contributed by atoms with Gasteiger partial charge in [0.05, 0.1) is 11.1 Å². The van der Waals surface area contributed by atoms with Gasteiger partial charge >= 0.3 is 0 Å². The summed E-state index contributed by atoms with van der Waals surface area (Å²) < 4.78 is 0. The van der Waals surface area contributed by atoms with E-state index in [1.165, 1.54) is 12.1 Å². The van der Waals surface area contributed by atoms with E-state index in [0.29, 0.717) is 11.1 Å². The van der Waals surface area contributed by atoms with Crippen LogP contribution in [0.1, 0.15) is 31.8 Å². The first-order valence-electron chi connectivity index (χ1n) is 7.34. The molecule has 0 amide bonds. The van der Waals surface area contributed by atoms with Crippen molar-refractivity contribution in [2.45, 2.75) is 0 Å². The Balaban J connectivity index is 2.01. The Bertz CT molecular complexity index is 823. The molecule has 3 aromatic rings. The van der Waals surface area contributed by atoms with Crippen molar-refractivity contribution in [1.82, 2.24) is 0 Å². The SMILES string of the molecule is O=C(c1ccccc1)c1ccc(C(=O)c2ccccc2)c(O)c1O. The molecule has 0 aliphatic carbocycles. The summed E-state index contributed by atoms with van der Waals surface area (Å²) in [4.78, 5) is 24.8. The molecular formula is C20H14O4. The fourth-order valence-corrected chi connectivity index (χ4v) is 2.44. The highest BCUT2D eigenvalue weighted by Gasteiger charge is 2.22. The second-order valence-electron chi connectivity index (χ2n) is 5.25. The van der Waals surface area contributed by atoms with E-state index in [1.807, 2.05) is 0 Å². The smallest absolute Gasteiger partial charge is 0.196 e. The van der Waals surface area contributed by atoms with Crippen LogP contribution in [0.25, 0.3) is 0 Å². The van der Waals surface area contributed by atoms with E-state index in [2.05, 4.69) is 0 Å². The molecule has 2 N–H and O–H groups in total. The van der Waals surface area contributed by atoms with Crippen LogP contribution in [-0.4, -0.2) is 21.8 Å². The summed E-state index contributed by atoms with van der Waals surface area (Å²) in [5.74, 6) is -2.04. The Morgan fingerprint density at radius 2 is 0.875 bits per heavy atom. The second kappa shape index (κ2) is 6.38. The van der Waals surface area contributed by atoms with E-state index in [4.69, 9.17) is 0 Å². The number of rotatable bonds is 4. The first-order valence-corrected chi connectivity index (χ1v) is 7.34. The number of aromatic hydroxyl groups is 2. The predicted molar refractivity (Wildman–Crippen MR) is 89.5 cm³/mol. The lowest BCUT2D eigenvalue weighted by atomic mass is 9.96. The number of phenolic OH excluding ortho intramolecular Hbond substituents is 2. The van der Waals surface area contributed by atoms with Gasteiger partial charge in [-0.05, 0) is 12.1 Å². The molecule has 24 heavy (non-hydrogen) atoms. The van der Waals surface area contributed by atoms with E-state index < -0.39 is 23.1 Å². The van der Waals surface area contributed by atoms with Crippen LogP contribution in [-0.2, 0) is 0 Å². The zero-order chi connectivity index (χ0) is 17.1. The second-order valence-corrected chi connectivity index (χ2v) is 5.25. The van der Waals surface area contributed by atoms with Gasteiger partial charge in [-0.1, -0.05) is 60.7 Å². The first-order chi connectivity index (χ1) is 11.6. The highest BCUT2D eigenvalue weighted by molar-refractivity contribution is 6.14. The fraction of sp³-hybridized carbons (Fsp3) is 0. The highest BCUT2D eigenvalue weighted by atomic mass is 16.3. The minimum Gasteiger partial charge on any atom is -0.504 e. The van der Waals surface area contributed by atoms with Crippen molar-refractivity contribution in [2.75, 3.05) is 0 Å². The lowest BCUT2D eigenvalue weighted by molar-refractivity contribution is 0.102. The molecule has 3 rings (SSSR count). The van der Waals surface area contributed by atoms with Crippen LogP contribution < -0.4 is 0 Å². The summed E-state index contributed by atoms with van der Waals surface area (Å²) in [5.41, 5.74) is 0.662. The number of hydrogen-bond donors (Lipinski definition) is 2. The molecular weight excluding hydrogens is 304 g/mol. The first kappa shape index (κ1) is 15.5. The van der Waals surface area contributed by atoms with Gasteiger partial charge in [0.15, 0.2) is 23.1 Å². The molecule has 118 valence electrons. The van der Waals surface area contributed by atoms with Crippen LogP contribution in [0.2, 0.25) is 0 Å². The Morgan fingerprint density at radius 1 is 0.542 bits per heavy atom. The van der Waals surface area contributed by atoms with Gasteiger partial charge in [-0.15, -0.1) is 0 Å². The van der Waals surface area contributed by atoms with Gasteiger partial charge in [-0.2, -0.15) is 0 Å². The third kappa shape index (κ3) is 2.77. The van der Waals surface area contributed by atoms with Gasteiger partial charge in [0.25, 0.3) is 0 Å². The minimum absolute atomic E-state index is 0.0525. The van der Waals surface area contributed by atoms with Crippen LogP contribution >= 0.6 is 0 Å². The highest BCUT2D eigenvalue weighted by Crippen LogP contribution is 2.35. The lowest BCUT2D eigenvalue weighted by Crippen LogP contribution is -2.05. The molecule has 0 heterocycles. The van der Waals surface area contributed by atoms with Gasteiger partial charge < -0.3 is 10.2 Å².